The first-order valence-corrected chi connectivity index (χ1v) is 10.8. The highest BCUT2D eigenvalue weighted by Crippen LogP contribution is 2.26. The van der Waals surface area contributed by atoms with Crippen LogP contribution in [0.25, 0.3) is 0 Å². The minimum atomic E-state index is 0.245. The summed E-state index contributed by atoms with van der Waals surface area (Å²) >= 11 is 0. The average molecular weight is 396 g/mol. The Bertz CT molecular complexity index is 797. The quantitative estimate of drug-likeness (QED) is 0.581. The first-order valence-electron chi connectivity index (χ1n) is 10.8. The number of likely N-dealkylation sites (tertiary alicyclic amines) is 1. The van der Waals surface area contributed by atoms with Gasteiger partial charge < -0.3 is 20.0 Å². The summed E-state index contributed by atoms with van der Waals surface area (Å²) in [6.07, 6.45) is 3.64. The molecule has 2 unspecified atom stereocenters. The van der Waals surface area contributed by atoms with E-state index in [-0.39, 0.29) is 6.04 Å². The molecule has 1 aromatic heterocycles. The molecule has 2 aliphatic rings. The molecule has 0 spiro atoms. The maximum Gasteiger partial charge on any atom is 0.191 e. The lowest BCUT2D eigenvalue weighted by molar-refractivity contribution is 0.213. The molecule has 0 saturated carbocycles. The highest BCUT2D eigenvalue weighted by molar-refractivity contribution is 5.80. The fourth-order valence-corrected chi connectivity index (χ4v) is 4.43. The molecule has 29 heavy (non-hydrogen) atoms. The molecule has 6 heteroatoms. The SMILES string of the molecule is CN=C(NCC(c1ccc(C)o1)N1CCCC1)NC1CCN(c2ccccc2)C1. The summed E-state index contributed by atoms with van der Waals surface area (Å²) in [5.74, 6) is 2.89. The van der Waals surface area contributed by atoms with Crippen molar-refractivity contribution in [3.63, 3.8) is 0 Å². The fourth-order valence-electron chi connectivity index (χ4n) is 4.43. The third kappa shape index (κ3) is 4.93. The van der Waals surface area contributed by atoms with Gasteiger partial charge in [-0.05, 0) is 63.5 Å². The number of rotatable bonds is 6. The Kier molecular flexibility index (Phi) is 6.39. The number of anilines is 1. The van der Waals surface area contributed by atoms with Gasteiger partial charge in [0.2, 0.25) is 0 Å². The molecule has 2 saturated heterocycles. The van der Waals surface area contributed by atoms with Crippen LogP contribution < -0.4 is 15.5 Å². The highest BCUT2D eigenvalue weighted by atomic mass is 16.3. The second-order valence-corrected chi connectivity index (χ2v) is 8.07. The number of hydrogen-bond donors (Lipinski definition) is 2. The van der Waals surface area contributed by atoms with E-state index in [1.807, 2.05) is 14.0 Å². The van der Waals surface area contributed by atoms with Crippen molar-refractivity contribution in [3.8, 4) is 0 Å². The van der Waals surface area contributed by atoms with Crippen LogP contribution in [0.2, 0.25) is 0 Å². The van der Waals surface area contributed by atoms with E-state index < -0.39 is 0 Å². The van der Waals surface area contributed by atoms with E-state index in [1.54, 1.807) is 0 Å². The van der Waals surface area contributed by atoms with Crippen LogP contribution in [0.5, 0.6) is 0 Å². The molecule has 0 bridgehead atoms. The third-order valence-electron chi connectivity index (χ3n) is 6.01. The van der Waals surface area contributed by atoms with Crippen LogP contribution >= 0.6 is 0 Å². The Morgan fingerprint density at radius 2 is 1.93 bits per heavy atom. The third-order valence-corrected chi connectivity index (χ3v) is 6.01. The van der Waals surface area contributed by atoms with Crippen LogP contribution in [-0.2, 0) is 0 Å². The van der Waals surface area contributed by atoms with Gasteiger partial charge in [-0.3, -0.25) is 9.89 Å². The summed E-state index contributed by atoms with van der Waals surface area (Å²) in [5, 5.41) is 7.17. The molecule has 2 fully saturated rings. The minimum Gasteiger partial charge on any atom is -0.465 e. The second kappa shape index (κ2) is 9.35. The standard InChI is InChI=1S/C23H33N5O/c1-18-10-11-22(29-18)21(27-13-6-7-14-27)16-25-23(24-2)26-19-12-15-28(17-19)20-8-4-3-5-9-20/h3-5,8-11,19,21H,6-7,12-17H2,1-2H3,(H2,24,25,26). The summed E-state index contributed by atoms with van der Waals surface area (Å²) in [7, 11) is 1.85. The fraction of sp³-hybridized carbons (Fsp3) is 0.522. The Morgan fingerprint density at radius 3 is 2.62 bits per heavy atom. The van der Waals surface area contributed by atoms with Crippen molar-refractivity contribution < 1.29 is 4.42 Å². The molecule has 1 aromatic carbocycles. The van der Waals surface area contributed by atoms with E-state index in [4.69, 9.17) is 4.42 Å². The van der Waals surface area contributed by atoms with Crippen molar-refractivity contribution >= 4 is 11.6 Å². The van der Waals surface area contributed by atoms with Crippen LogP contribution in [0.3, 0.4) is 0 Å². The molecule has 2 aliphatic heterocycles. The Hall–Kier alpha value is -2.47. The lowest BCUT2D eigenvalue weighted by atomic mass is 10.2. The molecule has 3 heterocycles. The lowest BCUT2D eigenvalue weighted by Gasteiger charge is -2.27. The molecule has 2 aromatic rings. The van der Waals surface area contributed by atoms with Crippen LogP contribution in [0.1, 0.15) is 36.8 Å². The Labute approximate surface area is 174 Å². The van der Waals surface area contributed by atoms with Gasteiger partial charge in [0, 0.05) is 38.4 Å². The number of guanidine groups is 1. The normalized spacial score (nSPS) is 21.5. The molecule has 156 valence electrons. The lowest BCUT2D eigenvalue weighted by Crippen LogP contribution is -2.47. The monoisotopic (exact) mass is 395 g/mol. The van der Waals surface area contributed by atoms with Gasteiger partial charge in [-0.2, -0.15) is 0 Å². The van der Waals surface area contributed by atoms with Crippen LogP contribution in [-0.4, -0.2) is 56.7 Å². The predicted octanol–water partition coefficient (Wildman–Crippen LogP) is 3.17. The minimum absolute atomic E-state index is 0.245. The maximum absolute atomic E-state index is 5.97. The first-order chi connectivity index (χ1) is 14.2. The van der Waals surface area contributed by atoms with E-state index in [0.717, 1.165) is 56.6 Å². The van der Waals surface area contributed by atoms with E-state index in [1.165, 1.54) is 18.5 Å². The van der Waals surface area contributed by atoms with E-state index in [0.29, 0.717) is 6.04 Å². The van der Waals surface area contributed by atoms with Crippen LogP contribution in [0, 0.1) is 6.92 Å². The summed E-state index contributed by atoms with van der Waals surface area (Å²) in [6.45, 7) is 7.14. The molecular formula is C23H33N5O. The highest BCUT2D eigenvalue weighted by Gasteiger charge is 2.27. The molecular weight excluding hydrogens is 362 g/mol. The number of furan rings is 1. The van der Waals surface area contributed by atoms with Crippen molar-refractivity contribution in [2.75, 3.05) is 44.7 Å². The van der Waals surface area contributed by atoms with E-state index in [9.17, 15) is 0 Å². The number of nitrogens with one attached hydrogen (secondary N) is 2. The second-order valence-electron chi connectivity index (χ2n) is 8.07. The molecule has 0 aliphatic carbocycles. The van der Waals surface area contributed by atoms with Crippen LogP contribution in [0.15, 0.2) is 51.9 Å². The zero-order valence-electron chi connectivity index (χ0n) is 17.6. The largest absolute Gasteiger partial charge is 0.465 e. The number of benzene rings is 1. The predicted molar refractivity (Wildman–Crippen MR) is 119 cm³/mol. The summed E-state index contributed by atoms with van der Waals surface area (Å²) in [4.78, 5) is 9.43. The topological polar surface area (TPSA) is 56.0 Å². The smallest absolute Gasteiger partial charge is 0.191 e. The molecule has 0 amide bonds. The van der Waals surface area contributed by atoms with Gasteiger partial charge in [0.1, 0.15) is 11.5 Å². The zero-order chi connectivity index (χ0) is 20.1. The van der Waals surface area contributed by atoms with Crippen molar-refractivity contribution in [2.24, 2.45) is 4.99 Å². The summed E-state index contributed by atoms with van der Waals surface area (Å²) in [6, 6.07) is 15.5. The summed E-state index contributed by atoms with van der Waals surface area (Å²) < 4.78 is 5.97. The molecule has 0 radical (unpaired) electrons. The first kappa shape index (κ1) is 19.8. The average Bonchev–Trinajstić information content (AvgIpc) is 3.51. The molecule has 2 N–H and O–H groups in total. The number of hydrogen-bond acceptors (Lipinski definition) is 4. The van der Waals surface area contributed by atoms with Crippen molar-refractivity contribution in [1.82, 2.24) is 15.5 Å². The maximum atomic E-state index is 5.97. The van der Waals surface area contributed by atoms with Gasteiger partial charge >= 0.3 is 0 Å². The Balaban J connectivity index is 1.33. The number of nitrogens with zero attached hydrogens (tertiary/aromatic N) is 3. The van der Waals surface area contributed by atoms with Gasteiger partial charge in [0.15, 0.2) is 5.96 Å². The van der Waals surface area contributed by atoms with Gasteiger partial charge in [-0.1, -0.05) is 18.2 Å². The number of aliphatic imine (C=N–C) groups is 1. The van der Waals surface area contributed by atoms with Gasteiger partial charge in [0.25, 0.3) is 0 Å². The van der Waals surface area contributed by atoms with E-state index >= 15 is 0 Å². The van der Waals surface area contributed by atoms with E-state index in [2.05, 4.69) is 67.9 Å². The van der Waals surface area contributed by atoms with Gasteiger partial charge in [0.05, 0.1) is 6.04 Å². The Morgan fingerprint density at radius 1 is 1.14 bits per heavy atom. The number of para-hydroxylation sites is 1. The summed E-state index contributed by atoms with van der Waals surface area (Å²) in [5.41, 5.74) is 1.29. The zero-order valence-corrected chi connectivity index (χ0v) is 17.6. The van der Waals surface area contributed by atoms with Crippen molar-refractivity contribution in [3.05, 3.63) is 54.0 Å². The van der Waals surface area contributed by atoms with Gasteiger partial charge in [-0.15, -0.1) is 0 Å². The van der Waals surface area contributed by atoms with Crippen molar-refractivity contribution in [1.29, 1.82) is 0 Å². The van der Waals surface area contributed by atoms with Gasteiger partial charge in [-0.25, -0.2) is 0 Å². The molecule has 6 nitrogen and oxygen atoms in total. The molecule has 4 rings (SSSR count). The number of aryl methyl sites for hydroxylation is 1. The van der Waals surface area contributed by atoms with Crippen LogP contribution in [0.4, 0.5) is 5.69 Å². The molecule has 2 atom stereocenters. The van der Waals surface area contributed by atoms with Crippen molar-refractivity contribution in [2.45, 2.75) is 38.3 Å².